The first-order chi connectivity index (χ1) is 10.2. The van der Waals surface area contributed by atoms with E-state index in [4.69, 9.17) is 15.2 Å². The van der Waals surface area contributed by atoms with Crippen LogP contribution in [0.1, 0.15) is 38.3 Å². The summed E-state index contributed by atoms with van der Waals surface area (Å²) in [7, 11) is 2.15. The molecule has 4 nitrogen and oxygen atoms in total. The van der Waals surface area contributed by atoms with Crippen molar-refractivity contribution in [2.24, 2.45) is 5.73 Å². The van der Waals surface area contributed by atoms with Crippen LogP contribution in [0.3, 0.4) is 0 Å². The summed E-state index contributed by atoms with van der Waals surface area (Å²) in [6, 6.07) is 8.93. The highest BCUT2D eigenvalue weighted by Crippen LogP contribution is 2.28. The summed E-state index contributed by atoms with van der Waals surface area (Å²) < 4.78 is 11.4. The zero-order chi connectivity index (χ0) is 15.2. The molecule has 0 spiro atoms. The number of benzene rings is 1. The summed E-state index contributed by atoms with van der Waals surface area (Å²) in [5.74, 6) is 0.928. The minimum atomic E-state index is 0.198. The third-order valence-corrected chi connectivity index (χ3v) is 4.29. The highest BCUT2D eigenvalue weighted by atomic mass is 16.5. The van der Waals surface area contributed by atoms with E-state index in [-0.39, 0.29) is 12.1 Å². The quantitative estimate of drug-likeness (QED) is 0.839. The number of likely N-dealkylation sites (N-methyl/N-ethyl adjacent to an activating group) is 1. The first kappa shape index (κ1) is 16.3. The van der Waals surface area contributed by atoms with E-state index in [1.165, 1.54) is 5.56 Å². The third kappa shape index (κ3) is 3.96. The molecule has 0 radical (unpaired) electrons. The smallest absolute Gasteiger partial charge is 0.119 e. The summed E-state index contributed by atoms with van der Waals surface area (Å²) in [5.41, 5.74) is 7.26. The van der Waals surface area contributed by atoms with Crippen molar-refractivity contribution in [1.29, 1.82) is 0 Å². The molecule has 4 heteroatoms. The molecule has 0 aromatic heterocycles. The average molecular weight is 292 g/mol. The highest BCUT2D eigenvalue weighted by molar-refractivity contribution is 5.31. The van der Waals surface area contributed by atoms with Gasteiger partial charge in [0.05, 0.1) is 12.7 Å². The Balaban J connectivity index is 2.12. The van der Waals surface area contributed by atoms with Gasteiger partial charge in [-0.15, -0.1) is 0 Å². The number of hydrogen-bond acceptors (Lipinski definition) is 4. The van der Waals surface area contributed by atoms with Crippen LogP contribution in [0, 0.1) is 0 Å². The van der Waals surface area contributed by atoms with Crippen LogP contribution in [0.5, 0.6) is 5.75 Å². The third-order valence-electron chi connectivity index (χ3n) is 4.29. The SMILES string of the molecule is CCCOc1cccc(C(CN)N(C)C2CCOC2C)c1. The Bertz CT molecular complexity index is 439. The van der Waals surface area contributed by atoms with E-state index in [2.05, 4.69) is 37.9 Å². The van der Waals surface area contributed by atoms with Crippen molar-refractivity contribution in [3.63, 3.8) is 0 Å². The molecule has 3 atom stereocenters. The molecule has 1 aliphatic rings. The van der Waals surface area contributed by atoms with Gasteiger partial charge in [-0.2, -0.15) is 0 Å². The second-order valence-electron chi connectivity index (χ2n) is 5.77. The topological polar surface area (TPSA) is 47.7 Å². The number of hydrogen-bond donors (Lipinski definition) is 1. The molecule has 1 aliphatic heterocycles. The molecular weight excluding hydrogens is 264 g/mol. The molecule has 3 unspecified atom stereocenters. The zero-order valence-electron chi connectivity index (χ0n) is 13.4. The maximum atomic E-state index is 6.05. The van der Waals surface area contributed by atoms with Gasteiger partial charge in [-0.25, -0.2) is 0 Å². The second-order valence-corrected chi connectivity index (χ2v) is 5.77. The van der Waals surface area contributed by atoms with E-state index in [1.807, 2.05) is 12.1 Å². The maximum absolute atomic E-state index is 6.05. The van der Waals surface area contributed by atoms with Crippen LogP contribution in [0.15, 0.2) is 24.3 Å². The zero-order valence-corrected chi connectivity index (χ0v) is 13.4. The van der Waals surface area contributed by atoms with Gasteiger partial charge in [0.1, 0.15) is 5.75 Å². The summed E-state index contributed by atoms with van der Waals surface area (Å²) in [5, 5.41) is 0. The van der Waals surface area contributed by atoms with E-state index < -0.39 is 0 Å². The molecule has 1 aromatic rings. The van der Waals surface area contributed by atoms with E-state index in [9.17, 15) is 0 Å². The lowest BCUT2D eigenvalue weighted by Gasteiger charge is -2.34. The van der Waals surface area contributed by atoms with Crippen LogP contribution >= 0.6 is 0 Å². The Labute approximate surface area is 128 Å². The van der Waals surface area contributed by atoms with Crippen LogP contribution in [0.4, 0.5) is 0 Å². The lowest BCUT2D eigenvalue weighted by atomic mass is 10.0. The van der Waals surface area contributed by atoms with Crippen molar-refractivity contribution >= 4 is 0 Å². The molecule has 1 aromatic carbocycles. The van der Waals surface area contributed by atoms with E-state index in [0.717, 1.165) is 31.8 Å². The molecule has 0 bridgehead atoms. The van der Waals surface area contributed by atoms with Crippen molar-refractivity contribution in [2.75, 3.05) is 26.8 Å². The lowest BCUT2D eigenvalue weighted by Crippen LogP contribution is -2.42. The van der Waals surface area contributed by atoms with Crippen molar-refractivity contribution < 1.29 is 9.47 Å². The van der Waals surface area contributed by atoms with Gasteiger partial charge < -0.3 is 15.2 Å². The number of ether oxygens (including phenoxy) is 2. The summed E-state index contributed by atoms with van der Waals surface area (Å²) >= 11 is 0. The van der Waals surface area contributed by atoms with Gasteiger partial charge in [-0.05, 0) is 44.5 Å². The molecule has 0 saturated carbocycles. The molecular formula is C17H28N2O2. The maximum Gasteiger partial charge on any atom is 0.119 e. The summed E-state index contributed by atoms with van der Waals surface area (Å²) in [4.78, 5) is 2.36. The van der Waals surface area contributed by atoms with Crippen LogP contribution in [-0.4, -0.2) is 43.9 Å². The van der Waals surface area contributed by atoms with E-state index >= 15 is 0 Å². The molecule has 2 N–H and O–H groups in total. The van der Waals surface area contributed by atoms with Crippen LogP contribution < -0.4 is 10.5 Å². The predicted octanol–water partition coefficient (Wildman–Crippen LogP) is 2.58. The van der Waals surface area contributed by atoms with Crippen molar-refractivity contribution in [2.45, 2.75) is 44.9 Å². The monoisotopic (exact) mass is 292 g/mol. The van der Waals surface area contributed by atoms with E-state index in [0.29, 0.717) is 12.6 Å². The Morgan fingerprint density at radius 3 is 2.90 bits per heavy atom. The van der Waals surface area contributed by atoms with E-state index in [1.54, 1.807) is 0 Å². The molecule has 118 valence electrons. The fourth-order valence-corrected chi connectivity index (χ4v) is 3.06. The fraction of sp³-hybridized carbons (Fsp3) is 0.647. The Morgan fingerprint density at radius 1 is 1.48 bits per heavy atom. The number of nitrogens with zero attached hydrogens (tertiary/aromatic N) is 1. The normalized spacial score (nSPS) is 23.5. The summed E-state index contributed by atoms with van der Waals surface area (Å²) in [6.07, 6.45) is 2.35. The number of nitrogens with two attached hydrogens (primary N) is 1. The van der Waals surface area contributed by atoms with Gasteiger partial charge in [0.25, 0.3) is 0 Å². The molecule has 0 amide bonds. The van der Waals surface area contributed by atoms with Crippen molar-refractivity contribution in [3.8, 4) is 5.75 Å². The van der Waals surface area contributed by atoms with Gasteiger partial charge in [0.2, 0.25) is 0 Å². The standard InChI is InChI=1S/C17H28N2O2/c1-4-9-21-15-7-5-6-14(11-15)17(12-18)19(3)16-8-10-20-13(16)2/h5-7,11,13,16-17H,4,8-10,12,18H2,1-3H3. The minimum absolute atomic E-state index is 0.198. The first-order valence-corrected chi connectivity index (χ1v) is 7.93. The van der Waals surface area contributed by atoms with Gasteiger partial charge >= 0.3 is 0 Å². The molecule has 2 rings (SSSR count). The van der Waals surface area contributed by atoms with Crippen LogP contribution in [-0.2, 0) is 4.74 Å². The van der Waals surface area contributed by atoms with Gasteiger partial charge in [-0.3, -0.25) is 4.90 Å². The number of rotatable bonds is 7. The minimum Gasteiger partial charge on any atom is -0.494 e. The lowest BCUT2D eigenvalue weighted by molar-refractivity contribution is 0.0685. The van der Waals surface area contributed by atoms with Crippen LogP contribution in [0.25, 0.3) is 0 Å². The Morgan fingerprint density at radius 2 is 2.29 bits per heavy atom. The van der Waals surface area contributed by atoms with Gasteiger partial charge in [0.15, 0.2) is 0 Å². The molecule has 21 heavy (non-hydrogen) atoms. The van der Waals surface area contributed by atoms with Crippen molar-refractivity contribution in [1.82, 2.24) is 4.90 Å². The van der Waals surface area contributed by atoms with Crippen molar-refractivity contribution in [3.05, 3.63) is 29.8 Å². The molecule has 1 saturated heterocycles. The van der Waals surface area contributed by atoms with Crippen LogP contribution in [0.2, 0.25) is 0 Å². The molecule has 1 fully saturated rings. The molecule has 0 aliphatic carbocycles. The predicted molar refractivity (Wildman–Crippen MR) is 85.6 cm³/mol. The molecule has 1 heterocycles. The average Bonchev–Trinajstić information content (AvgIpc) is 2.92. The van der Waals surface area contributed by atoms with Gasteiger partial charge in [0, 0.05) is 25.2 Å². The summed E-state index contributed by atoms with van der Waals surface area (Å²) in [6.45, 7) is 6.44. The fourth-order valence-electron chi connectivity index (χ4n) is 3.06. The Hall–Kier alpha value is -1.10. The van der Waals surface area contributed by atoms with Gasteiger partial charge in [-0.1, -0.05) is 19.1 Å². The second kappa shape index (κ2) is 7.78. The first-order valence-electron chi connectivity index (χ1n) is 7.93. The Kier molecular flexibility index (Phi) is 6.03. The highest BCUT2D eigenvalue weighted by Gasteiger charge is 2.31. The largest absolute Gasteiger partial charge is 0.494 e.